The highest BCUT2D eigenvalue weighted by atomic mass is 32.1. The minimum absolute atomic E-state index is 0.220. The lowest BCUT2D eigenvalue weighted by molar-refractivity contribution is -0.139. The largest absolute Gasteiger partial charge is 0.269 e. The number of carbonyl (C=O) groups excluding carboxylic acids is 2. The highest BCUT2D eigenvalue weighted by molar-refractivity contribution is 7.09. The second kappa shape index (κ2) is 3.58. The van der Waals surface area contributed by atoms with Crippen molar-refractivity contribution in [1.82, 2.24) is 9.88 Å². The number of thiazole rings is 1. The molecule has 0 N–H and O–H groups in total. The normalized spacial score (nSPS) is 18.3. The van der Waals surface area contributed by atoms with Crippen LogP contribution in [-0.2, 0) is 9.59 Å². The zero-order valence-corrected chi connectivity index (χ0v) is 9.25. The van der Waals surface area contributed by atoms with Crippen molar-refractivity contribution < 1.29 is 9.59 Å². The topological polar surface area (TPSA) is 50.3 Å². The summed E-state index contributed by atoms with van der Waals surface area (Å²) in [7, 11) is 0. The van der Waals surface area contributed by atoms with Crippen molar-refractivity contribution in [2.24, 2.45) is 0 Å². The van der Waals surface area contributed by atoms with E-state index in [-0.39, 0.29) is 17.9 Å². The Morgan fingerprint density at radius 2 is 2.20 bits per heavy atom. The van der Waals surface area contributed by atoms with Gasteiger partial charge in [0.2, 0.25) is 0 Å². The Balaban J connectivity index is 2.27. The average molecular weight is 222 g/mol. The molecule has 1 aliphatic rings. The first-order valence-corrected chi connectivity index (χ1v) is 5.44. The van der Waals surface area contributed by atoms with Crippen molar-refractivity contribution in [3.05, 3.63) is 28.2 Å². The molecule has 1 atom stereocenters. The minimum Gasteiger partial charge on any atom is -0.269 e. The predicted molar refractivity (Wildman–Crippen MR) is 56.1 cm³/mol. The van der Waals surface area contributed by atoms with Gasteiger partial charge in [0, 0.05) is 23.2 Å². The number of hydrogen-bond acceptors (Lipinski definition) is 4. The number of carbonyl (C=O) groups is 2. The number of aromatic nitrogens is 1. The quantitative estimate of drug-likeness (QED) is 0.713. The van der Waals surface area contributed by atoms with Gasteiger partial charge in [-0.25, -0.2) is 4.98 Å². The number of nitrogens with zero attached hydrogens (tertiary/aromatic N) is 2. The van der Waals surface area contributed by atoms with Gasteiger partial charge in [-0.1, -0.05) is 0 Å². The molecule has 0 saturated heterocycles. The molecule has 0 spiro atoms. The number of hydrogen-bond donors (Lipinski definition) is 0. The first-order chi connectivity index (χ1) is 7.11. The highest BCUT2D eigenvalue weighted by Gasteiger charge is 2.33. The summed E-state index contributed by atoms with van der Waals surface area (Å²) in [6, 6.07) is -0.279. The molecule has 0 fully saturated rings. The lowest BCUT2D eigenvalue weighted by atomic mass is 10.3. The van der Waals surface area contributed by atoms with Gasteiger partial charge in [-0.3, -0.25) is 14.5 Å². The summed E-state index contributed by atoms with van der Waals surface area (Å²) in [6.45, 7) is 3.45. The smallest absolute Gasteiger partial charge is 0.257 e. The van der Waals surface area contributed by atoms with E-state index in [4.69, 9.17) is 0 Å². The third-order valence-electron chi connectivity index (χ3n) is 2.33. The molecule has 0 bridgehead atoms. The van der Waals surface area contributed by atoms with E-state index in [0.717, 1.165) is 5.01 Å². The first kappa shape index (κ1) is 10.0. The maximum atomic E-state index is 11.7. The third kappa shape index (κ3) is 1.59. The van der Waals surface area contributed by atoms with Crippen LogP contribution in [0.4, 0.5) is 0 Å². The van der Waals surface area contributed by atoms with Crippen LogP contribution in [0, 0.1) is 0 Å². The summed E-state index contributed by atoms with van der Waals surface area (Å²) in [6.07, 6.45) is 3.04. The first-order valence-electron chi connectivity index (χ1n) is 4.56. The summed E-state index contributed by atoms with van der Waals surface area (Å²) >= 11 is 1.44. The van der Waals surface area contributed by atoms with Crippen LogP contribution in [0.2, 0.25) is 0 Å². The lowest BCUT2D eigenvalue weighted by Gasteiger charge is -2.20. The molecule has 1 aromatic rings. The second-order valence-corrected chi connectivity index (χ2v) is 4.31. The van der Waals surface area contributed by atoms with Gasteiger partial charge in [0.15, 0.2) is 0 Å². The zero-order chi connectivity index (χ0) is 11.0. The van der Waals surface area contributed by atoms with Gasteiger partial charge in [-0.2, -0.15) is 0 Å². The van der Waals surface area contributed by atoms with Crippen LogP contribution in [0.15, 0.2) is 23.2 Å². The molecule has 4 nitrogen and oxygen atoms in total. The molecule has 1 aliphatic heterocycles. The Hall–Kier alpha value is -1.49. The van der Waals surface area contributed by atoms with E-state index in [1.165, 1.54) is 22.3 Å². The third-order valence-corrected chi connectivity index (χ3v) is 3.28. The summed E-state index contributed by atoms with van der Waals surface area (Å²) in [5.74, 6) is -0.470. The Morgan fingerprint density at radius 3 is 2.67 bits per heavy atom. The van der Waals surface area contributed by atoms with Gasteiger partial charge in [0.25, 0.3) is 11.8 Å². The molecule has 1 unspecified atom stereocenters. The van der Waals surface area contributed by atoms with Crippen LogP contribution in [0.25, 0.3) is 0 Å². The molecule has 2 heterocycles. The monoisotopic (exact) mass is 222 g/mol. The Labute approximate surface area is 91.2 Å². The molecule has 15 heavy (non-hydrogen) atoms. The molecule has 0 radical (unpaired) electrons. The molecule has 0 aromatic carbocycles. The number of rotatable bonds is 2. The van der Waals surface area contributed by atoms with Crippen molar-refractivity contribution in [3.8, 4) is 0 Å². The molecule has 1 aromatic heterocycles. The van der Waals surface area contributed by atoms with Gasteiger partial charge in [0.1, 0.15) is 5.01 Å². The Morgan fingerprint density at radius 1 is 1.47 bits per heavy atom. The van der Waals surface area contributed by atoms with E-state index in [1.807, 2.05) is 5.38 Å². The summed E-state index contributed by atoms with van der Waals surface area (Å²) in [5, 5.41) is 2.61. The van der Waals surface area contributed by atoms with Crippen molar-refractivity contribution in [2.45, 2.75) is 19.9 Å². The summed E-state index contributed by atoms with van der Waals surface area (Å²) in [4.78, 5) is 28.6. The van der Waals surface area contributed by atoms with Crippen LogP contribution in [0.1, 0.15) is 24.9 Å². The predicted octanol–water partition coefficient (Wildman–Crippen LogP) is 1.52. The fourth-order valence-electron chi connectivity index (χ4n) is 1.52. The summed E-state index contributed by atoms with van der Waals surface area (Å²) in [5.41, 5.74) is 0.489. The van der Waals surface area contributed by atoms with Gasteiger partial charge < -0.3 is 0 Å². The van der Waals surface area contributed by atoms with Crippen LogP contribution < -0.4 is 0 Å². The van der Waals surface area contributed by atoms with Gasteiger partial charge >= 0.3 is 0 Å². The molecule has 78 valence electrons. The molecular weight excluding hydrogens is 212 g/mol. The van der Waals surface area contributed by atoms with E-state index in [0.29, 0.717) is 5.57 Å². The molecular formula is C10H10N2O2S. The minimum atomic E-state index is -0.279. The average Bonchev–Trinajstić information content (AvgIpc) is 2.76. The van der Waals surface area contributed by atoms with Crippen molar-refractivity contribution in [2.75, 3.05) is 0 Å². The highest BCUT2D eigenvalue weighted by Crippen LogP contribution is 2.27. The lowest BCUT2D eigenvalue weighted by Crippen LogP contribution is -2.33. The van der Waals surface area contributed by atoms with Gasteiger partial charge in [-0.15, -0.1) is 11.3 Å². The van der Waals surface area contributed by atoms with E-state index in [1.54, 1.807) is 20.0 Å². The molecule has 5 heteroatoms. The number of amides is 2. The van der Waals surface area contributed by atoms with E-state index >= 15 is 0 Å². The Bertz CT molecular complexity index is 436. The molecule has 2 amide bonds. The zero-order valence-electron chi connectivity index (χ0n) is 8.43. The van der Waals surface area contributed by atoms with Crippen LogP contribution in [0.3, 0.4) is 0 Å². The molecule has 0 aliphatic carbocycles. The van der Waals surface area contributed by atoms with Crippen LogP contribution in [0.5, 0.6) is 0 Å². The number of imide groups is 1. The van der Waals surface area contributed by atoms with E-state index < -0.39 is 0 Å². The Kier molecular flexibility index (Phi) is 2.40. The maximum Gasteiger partial charge on any atom is 0.257 e. The van der Waals surface area contributed by atoms with Crippen molar-refractivity contribution in [1.29, 1.82) is 0 Å². The van der Waals surface area contributed by atoms with Gasteiger partial charge in [0.05, 0.1) is 6.04 Å². The van der Waals surface area contributed by atoms with E-state index in [9.17, 15) is 9.59 Å². The van der Waals surface area contributed by atoms with Crippen molar-refractivity contribution >= 4 is 23.2 Å². The van der Waals surface area contributed by atoms with Crippen LogP contribution >= 0.6 is 11.3 Å². The standard InChI is InChI=1S/C10H10N2O2S/c1-6-5-8(13)12(10(6)14)7(2)9-11-3-4-15-9/h3-5,7H,1-2H3. The fourth-order valence-corrected chi connectivity index (χ4v) is 2.21. The van der Waals surface area contributed by atoms with Crippen molar-refractivity contribution in [3.63, 3.8) is 0 Å². The summed E-state index contributed by atoms with van der Waals surface area (Å²) < 4.78 is 0. The fraction of sp³-hybridized carbons (Fsp3) is 0.300. The molecule has 2 rings (SSSR count). The maximum absolute atomic E-state index is 11.7. The van der Waals surface area contributed by atoms with Crippen LogP contribution in [-0.4, -0.2) is 21.7 Å². The van der Waals surface area contributed by atoms with Gasteiger partial charge in [-0.05, 0) is 13.8 Å². The SMILES string of the molecule is CC1=CC(=O)N(C(C)c2nccs2)C1=O. The molecule has 0 saturated carbocycles. The second-order valence-electron chi connectivity index (χ2n) is 3.39. The van der Waals surface area contributed by atoms with E-state index in [2.05, 4.69) is 4.98 Å².